The molecule has 0 spiro atoms. The van der Waals surface area contributed by atoms with E-state index in [1.165, 1.54) is 12.1 Å². The summed E-state index contributed by atoms with van der Waals surface area (Å²) >= 11 is 6.76. The summed E-state index contributed by atoms with van der Waals surface area (Å²) in [6.45, 7) is 3.74. The molecule has 9 heteroatoms. The molecule has 0 radical (unpaired) electrons. The summed E-state index contributed by atoms with van der Waals surface area (Å²) in [5, 5.41) is 11.3. The van der Waals surface area contributed by atoms with E-state index in [9.17, 15) is 19.7 Å². The highest BCUT2D eigenvalue weighted by molar-refractivity contribution is 8.19. The number of aromatic nitrogens is 1. The van der Waals surface area contributed by atoms with Crippen molar-refractivity contribution in [3.8, 4) is 5.69 Å². The van der Waals surface area contributed by atoms with Crippen LogP contribution in [0.15, 0.2) is 59.5 Å². The van der Waals surface area contributed by atoms with E-state index < -0.39 is 10.8 Å². The lowest BCUT2D eigenvalue weighted by Gasteiger charge is -2.12. The van der Waals surface area contributed by atoms with Gasteiger partial charge in [-0.1, -0.05) is 17.7 Å². The molecular formula is C22H16ClN3O4S. The van der Waals surface area contributed by atoms with Gasteiger partial charge in [0.05, 0.1) is 21.2 Å². The van der Waals surface area contributed by atoms with Crippen LogP contribution < -0.4 is 4.90 Å². The van der Waals surface area contributed by atoms with Crippen molar-refractivity contribution in [1.29, 1.82) is 0 Å². The molecule has 1 aliphatic heterocycles. The largest absolute Gasteiger partial charge is 0.318 e. The average molecular weight is 454 g/mol. The van der Waals surface area contributed by atoms with Crippen LogP contribution in [0.25, 0.3) is 11.8 Å². The predicted molar refractivity (Wildman–Crippen MR) is 122 cm³/mol. The van der Waals surface area contributed by atoms with Gasteiger partial charge in [-0.05, 0) is 73.6 Å². The van der Waals surface area contributed by atoms with Crippen LogP contribution in [0.5, 0.6) is 0 Å². The predicted octanol–water partition coefficient (Wildman–Crippen LogP) is 5.90. The Morgan fingerprint density at radius 3 is 2.42 bits per heavy atom. The molecule has 0 saturated carbocycles. The van der Waals surface area contributed by atoms with Crippen molar-refractivity contribution < 1.29 is 14.5 Å². The van der Waals surface area contributed by atoms with Crippen molar-refractivity contribution in [2.45, 2.75) is 13.8 Å². The number of imide groups is 1. The maximum Gasteiger partial charge on any atom is 0.298 e. The molecule has 2 aromatic carbocycles. The molecule has 1 fully saturated rings. The smallest absolute Gasteiger partial charge is 0.298 e. The molecule has 2 heterocycles. The van der Waals surface area contributed by atoms with Crippen LogP contribution in [0.1, 0.15) is 17.0 Å². The average Bonchev–Trinajstić information content (AvgIpc) is 3.17. The highest BCUT2D eigenvalue weighted by Crippen LogP contribution is 2.37. The number of thioether (sulfide) groups is 1. The van der Waals surface area contributed by atoms with Gasteiger partial charge in [-0.3, -0.25) is 19.7 Å². The zero-order valence-corrected chi connectivity index (χ0v) is 18.1. The van der Waals surface area contributed by atoms with Crippen molar-refractivity contribution >= 4 is 52.0 Å². The van der Waals surface area contributed by atoms with E-state index in [-0.39, 0.29) is 10.9 Å². The number of benzene rings is 2. The van der Waals surface area contributed by atoms with Gasteiger partial charge < -0.3 is 4.57 Å². The molecule has 4 rings (SSSR count). The molecule has 0 aliphatic carbocycles. The fourth-order valence-corrected chi connectivity index (χ4v) is 4.46. The Kier molecular flexibility index (Phi) is 5.43. The van der Waals surface area contributed by atoms with Gasteiger partial charge in [0.25, 0.3) is 16.8 Å². The van der Waals surface area contributed by atoms with Crippen molar-refractivity contribution in [2.75, 3.05) is 4.90 Å². The number of non-ortho nitro benzene ring substituents is 1. The van der Waals surface area contributed by atoms with Crippen molar-refractivity contribution in [2.24, 2.45) is 0 Å². The molecule has 2 amide bonds. The first-order chi connectivity index (χ1) is 14.8. The van der Waals surface area contributed by atoms with Crippen molar-refractivity contribution in [1.82, 2.24) is 4.57 Å². The van der Waals surface area contributed by atoms with Crippen LogP contribution in [-0.2, 0) is 4.79 Å². The SMILES string of the molecule is Cc1cc(C=C2SC(=O)N(c3ccc(Cl)cc3)C2=O)c(C)n1-c1cccc([N+](=O)[O-])c1. The van der Waals surface area contributed by atoms with E-state index in [0.717, 1.165) is 33.6 Å². The molecule has 0 N–H and O–H groups in total. The number of halogens is 1. The summed E-state index contributed by atoms with van der Waals surface area (Å²) < 4.78 is 1.88. The summed E-state index contributed by atoms with van der Waals surface area (Å²) in [4.78, 5) is 37.5. The molecular weight excluding hydrogens is 438 g/mol. The maximum absolute atomic E-state index is 12.9. The highest BCUT2D eigenvalue weighted by Gasteiger charge is 2.36. The zero-order chi connectivity index (χ0) is 22.3. The maximum atomic E-state index is 12.9. The molecule has 31 heavy (non-hydrogen) atoms. The fraction of sp³-hybridized carbons (Fsp3) is 0.0909. The quantitative estimate of drug-likeness (QED) is 0.279. The topological polar surface area (TPSA) is 85.5 Å². The van der Waals surface area contributed by atoms with Crippen LogP contribution in [0.2, 0.25) is 5.02 Å². The van der Waals surface area contributed by atoms with Gasteiger partial charge in [-0.2, -0.15) is 0 Å². The molecule has 1 saturated heterocycles. The van der Waals surface area contributed by atoms with Gasteiger partial charge in [0.15, 0.2) is 0 Å². The molecule has 1 aliphatic rings. The van der Waals surface area contributed by atoms with Gasteiger partial charge in [0, 0.05) is 28.5 Å². The van der Waals surface area contributed by atoms with E-state index in [1.54, 1.807) is 42.5 Å². The molecule has 0 atom stereocenters. The third-order valence-corrected chi connectivity index (χ3v) is 6.06. The van der Waals surface area contributed by atoms with E-state index in [0.29, 0.717) is 21.3 Å². The Bertz CT molecular complexity index is 1260. The Labute approximate surface area is 187 Å². The van der Waals surface area contributed by atoms with Gasteiger partial charge >= 0.3 is 0 Å². The highest BCUT2D eigenvalue weighted by atomic mass is 35.5. The normalized spacial score (nSPS) is 15.2. The van der Waals surface area contributed by atoms with Gasteiger partial charge in [0.2, 0.25) is 0 Å². The van der Waals surface area contributed by atoms with Crippen LogP contribution in [-0.4, -0.2) is 20.6 Å². The fourth-order valence-electron chi connectivity index (χ4n) is 3.50. The molecule has 0 bridgehead atoms. The summed E-state index contributed by atoms with van der Waals surface area (Å²) in [7, 11) is 0. The number of hydrogen-bond donors (Lipinski definition) is 0. The second kappa shape index (κ2) is 8.05. The zero-order valence-electron chi connectivity index (χ0n) is 16.5. The number of anilines is 1. The second-order valence-electron chi connectivity index (χ2n) is 6.93. The van der Waals surface area contributed by atoms with E-state index in [2.05, 4.69) is 0 Å². The third-order valence-electron chi connectivity index (χ3n) is 4.93. The van der Waals surface area contributed by atoms with Gasteiger partial charge in [-0.25, -0.2) is 4.90 Å². The van der Waals surface area contributed by atoms with E-state index in [4.69, 9.17) is 11.6 Å². The van der Waals surface area contributed by atoms with Gasteiger partial charge in [-0.15, -0.1) is 0 Å². The van der Waals surface area contributed by atoms with Crippen LogP contribution in [0.4, 0.5) is 16.2 Å². The first-order valence-electron chi connectivity index (χ1n) is 9.23. The van der Waals surface area contributed by atoms with Gasteiger partial charge in [0.1, 0.15) is 0 Å². The Morgan fingerprint density at radius 1 is 1.03 bits per heavy atom. The lowest BCUT2D eigenvalue weighted by atomic mass is 10.2. The minimum Gasteiger partial charge on any atom is -0.318 e. The summed E-state index contributed by atoms with van der Waals surface area (Å²) in [6.07, 6.45) is 1.68. The first-order valence-corrected chi connectivity index (χ1v) is 10.4. The lowest BCUT2D eigenvalue weighted by Crippen LogP contribution is -2.27. The second-order valence-corrected chi connectivity index (χ2v) is 8.36. The molecule has 0 unspecified atom stereocenters. The number of carbonyl (C=O) groups is 2. The Morgan fingerprint density at radius 2 is 1.74 bits per heavy atom. The number of rotatable bonds is 4. The van der Waals surface area contributed by atoms with E-state index in [1.807, 2.05) is 24.5 Å². The lowest BCUT2D eigenvalue weighted by molar-refractivity contribution is -0.384. The number of carbonyl (C=O) groups excluding carboxylic acids is 2. The van der Waals surface area contributed by atoms with Crippen molar-refractivity contribution in [3.05, 3.63) is 91.6 Å². The standard InChI is InChI=1S/C22H16ClN3O4S/c1-13-10-15(14(2)24(13)18-4-3-5-19(12-18)26(29)30)11-20-21(27)25(22(28)31-20)17-8-6-16(23)7-9-17/h3-12H,1-2H3. The minimum absolute atomic E-state index is 0.00404. The van der Waals surface area contributed by atoms with E-state index >= 15 is 0 Å². The Hall–Kier alpha value is -3.36. The monoisotopic (exact) mass is 453 g/mol. The number of hydrogen-bond acceptors (Lipinski definition) is 5. The number of nitrogens with zero attached hydrogens (tertiary/aromatic N) is 3. The number of amides is 2. The molecule has 3 aromatic rings. The number of nitro groups is 1. The van der Waals surface area contributed by atoms with Crippen LogP contribution in [0.3, 0.4) is 0 Å². The molecule has 156 valence electrons. The first kappa shape index (κ1) is 20.9. The Balaban J connectivity index is 1.70. The van der Waals surface area contributed by atoms with Crippen molar-refractivity contribution in [3.63, 3.8) is 0 Å². The minimum atomic E-state index is -0.439. The number of nitro benzene ring substituents is 1. The van der Waals surface area contributed by atoms with Crippen LogP contribution in [0, 0.1) is 24.0 Å². The molecule has 7 nitrogen and oxygen atoms in total. The van der Waals surface area contributed by atoms with Crippen LogP contribution >= 0.6 is 23.4 Å². The number of aryl methyl sites for hydroxylation is 1. The third kappa shape index (κ3) is 3.87. The molecule has 1 aromatic heterocycles. The summed E-state index contributed by atoms with van der Waals surface area (Å²) in [5.74, 6) is -0.405. The summed E-state index contributed by atoms with van der Waals surface area (Å²) in [5.41, 5.74) is 3.51. The summed E-state index contributed by atoms with van der Waals surface area (Å²) in [6, 6.07) is 14.7.